The summed E-state index contributed by atoms with van der Waals surface area (Å²) in [6.07, 6.45) is 0. The average molecular weight is 758 g/mol. The normalized spacial score (nSPS) is 13.6. The second-order valence-electron chi connectivity index (χ2n) is 14.7. The topological polar surface area (TPSA) is 136 Å². The molecule has 6 aromatic rings. The molecule has 0 spiro atoms. The minimum Gasteiger partial charge on any atom is -0.457 e. The van der Waals surface area contributed by atoms with Gasteiger partial charge < -0.3 is 9.47 Å². The smallest absolute Gasteiger partial charge is 0.293 e. The molecule has 0 aromatic heterocycles. The van der Waals surface area contributed by atoms with Gasteiger partial charge in [-0.3, -0.25) is 29.3 Å². The zero-order valence-electron chi connectivity index (χ0n) is 31.7. The van der Waals surface area contributed by atoms with E-state index in [0.29, 0.717) is 45.4 Å². The molecule has 11 heteroatoms. The molecule has 0 saturated heterocycles. The van der Waals surface area contributed by atoms with E-state index < -0.39 is 22.2 Å². The number of carbonyl (C=O) groups excluding carboxylic acids is 4. The minimum absolute atomic E-state index is 0.0869. The molecule has 6 aromatic carbocycles. The lowest BCUT2D eigenvalue weighted by Crippen LogP contribution is -2.30. The largest absolute Gasteiger partial charge is 0.457 e. The number of hydrogen-bond donors (Lipinski definition) is 0. The van der Waals surface area contributed by atoms with E-state index in [-0.39, 0.29) is 34.3 Å². The highest BCUT2D eigenvalue weighted by Gasteiger charge is 2.40. The van der Waals surface area contributed by atoms with E-state index in [1.54, 1.807) is 43.3 Å². The number of nitro benzene ring substituents is 1. The van der Waals surface area contributed by atoms with Crippen molar-refractivity contribution in [1.82, 2.24) is 0 Å². The quantitative estimate of drug-likeness (QED) is 0.0808. The Morgan fingerprint density at radius 3 is 1.35 bits per heavy atom. The highest BCUT2D eigenvalue weighted by molar-refractivity contribution is 6.35. The summed E-state index contributed by atoms with van der Waals surface area (Å²) in [6.45, 7) is 9.72. The molecule has 282 valence electrons. The first kappa shape index (κ1) is 36.6. The van der Waals surface area contributed by atoms with Crippen LogP contribution in [0.3, 0.4) is 0 Å². The zero-order chi connectivity index (χ0) is 40.3. The molecule has 0 fully saturated rings. The van der Waals surface area contributed by atoms with Gasteiger partial charge in [-0.05, 0) is 116 Å². The third kappa shape index (κ3) is 6.38. The van der Waals surface area contributed by atoms with Gasteiger partial charge in [-0.1, -0.05) is 61.9 Å². The summed E-state index contributed by atoms with van der Waals surface area (Å²) < 4.78 is 12.2. The third-order valence-corrected chi connectivity index (χ3v) is 10.5. The zero-order valence-corrected chi connectivity index (χ0v) is 31.7. The van der Waals surface area contributed by atoms with Crippen molar-refractivity contribution in [1.29, 1.82) is 0 Å². The number of ether oxygens (including phenoxy) is 2. The predicted molar refractivity (Wildman–Crippen MR) is 214 cm³/mol. The average Bonchev–Trinajstić information content (AvgIpc) is 3.58. The van der Waals surface area contributed by atoms with E-state index in [1.165, 1.54) is 29.2 Å². The summed E-state index contributed by atoms with van der Waals surface area (Å²) >= 11 is 0. The Hall–Kier alpha value is -7.40. The fraction of sp³-hybridized carbons (Fsp3) is 0.130. The lowest BCUT2D eigenvalue weighted by molar-refractivity contribution is -0.384. The monoisotopic (exact) mass is 757 g/mol. The first-order chi connectivity index (χ1) is 27.2. The van der Waals surface area contributed by atoms with Crippen molar-refractivity contribution in [2.75, 3.05) is 9.80 Å². The third-order valence-electron chi connectivity index (χ3n) is 10.5. The number of hydrogen-bond acceptors (Lipinski definition) is 8. The van der Waals surface area contributed by atoms with Crippen molar-refractivity contribution >= 4 is 40.7 Å². The Morgan fingerprint density at radius 1 is 0.491 bits per heavy atom. The maximum atomic E-state index is 13.4. The predicted octanol–water partition coefficient (Wildman–Crippen LogP) is 10.0. The lowest BCUT2D eigenvalue weighted by atomic mass is 9.78. The number of amides is 4. The van der Waals surface area contributed by atoms with E-state index in [1.807, 2.05) is 74.5 Å². The van der Waals surface area contributed by atoms with E-state index in [2.05, 4.69) is 13.8 Å². The van der Waals surface area contributed by atoms with Gasteiger partial charge >= 0.3 is 0 Å². The Kier molecular flexibility index (Phi) is 8.80. The van der Waals surface area contributed by atoms with Crippen LogP contribution in [0.4, 0.5) is 17.1 Å². The van der Waals surface area contributed by atoms with Crippen LogP contribution in [-0.4, -0.2) is 28.6 Å². The molecule has 0 radical (unpaired) electrons. The number of rotatable bonds is 9. The minimum atomic E-state index is -0.667. The molecular weight excluding hydrogens is 723 g/mol. The Balaban J connectivity index is 0.943. The summed E-state index contributed by atoms with van der Waals surface area (Å²) in [7, 11) is 0. The van der Waals surface area contributed by atoms with Gasteiger partial charge in [0.15, 0.2) is 0 Å². The van der Waals surface area contributed by atoms with Crippen LogP contribution in [0, 0.1) is 30.9 Å². The second-order valence-corrected chi connectivity index (χ2v) is 14.7. The van der Waals surface area contributed by atoms with Crippen molar-refractivity contribution in [3.8, 4) is 23.0 Å². The molecule has 0 N–H and O–H groups in total. The molecule has 8 rings (SSSR count). The van der Waals surface area contributed by atoms with E-state index in [4.69, 9.17) is 9.47 Å². The molecule has 0 atom stereocenters. The number of nitrogens with zero attached hydrogens (tertiary/aromatic N) is 3. The first-order valence-electron chi connectivity index (χ1n) is 18.2. The van der Waals surface area contributed by atoms with Crippen LogP contribution in [0.25, 0.3) is 0 Å². The summed E-state index contributed by atoms with van der Waals surface area (Å²) in [6, 6.07) is 34.6. The molecule has 2 aliphatic rings. The summed E-state index contributed by atoms with van der Waals surface area (Å²) in [5.41, 5.74) is 5.11. The lowest BCUT2D eigenvalue weighted by Gasteiger charge is -2.26. The summed E-state index contributed by atoms with van der Waals surface area (Å²) in [4.78, 5) is 66.4. The van der Waals surface area contributed by atoms with Crippen LogP contribution in [0.5, 0.6) is 23.0 Å². The summed E-state index contributed by atoms with van der Waals surface area (Å²) in [5, 5.41) is 11.7. The second kappa shape index (κ2) is 13.7. The Morgan fingerprint density at radius 2 is 0.895 bits per heavy atom. The highest BCUT2D eigenvalue weighted by atomic mass is 16.6. The van der Waals surface area contributed by atoms with Crippen molar-refractivity contribution in [3.05, 3.63) is 182 Å². The first-order valence-corrected chi connectivity index (χ1v) is 18.2. The standard InChI is InChI=1S/C46H35N3O8/c1-26-6-20-39(28(3)22-26)47-42(50)35-18-16-33(24-37(35)44(47)52)56-31-12-8-29(9-13-31)46(4,5)30-10-14-32(15-11-30)57-34-17-19-36-38(25-34)45(53)48(43(36)51)40-21-7-27(2)23-41(40)49(54)55/h6-25H,1-5H3. The van der Waals surface area contributed by atoms with Crippen LogP contribution in [-0.2, 0) is 5.41 Å². The molecule has 0 aliphatic carbocycles. The van der Waals surface area contributed by atoms with Crippen LogP contribution >= 0.6 is 0 Å². The number of fused-ring (bicyclic) bond motifs is 2. The van der Waals surface area contributed by atoms with Crippen LogP contribution in [0.15, 0.2) is 121 Å². The summed E-state index contributed by atoms with van der Waals surface area (Å²) in [5.74, 6) is -0.219. The van der Waals surface area contributed by atoms with Gasteiger partial charge in [0.2, 0.25) is 0 Å². The number of benzene rings is 6. The van der Waals surface area contributed by atoms with Crippen molar-refractivity contribution < 1.29 is 33.6 Å². The highest BCUT2D eigenvalue weighted by Crippen LogP contribution is 2.39. The van der Waals surface area contributed by atoms with Crippen LogP contribution in [0.2, 0.25) is 0 Å². The number of carbonyl (C=O) groups is 4. The molecule has 57 heavy (non-hydrogen) atoms. The molecular formula is C46H35N3O8. The molecule has 2 heterocycles. The van der Waals surface area contributed by atoms with Crippen molar-refractivity contribution in [2.45, 2.75) is 40.0 Å². The van der Waals surface area contributed by atoms with Gasteiger partial charge in [0.25, 0.3) is 29.3 Å². The number of aryl methyl sites for hydroxylation is 3. The van der Waals surface area contributed by atoms with Gasteiger partial charge in [0.05, 0.1) is 32.9 Å². The molecule has 0 bridgehead atoms. The van der Waals surface area contributed by atoms with Gasteiger partial charge in [0.1, 0.15) is 28.7 Å². The van der Waals surface area contributed by atoms with Gasteiger partial charge in [-0.15, -0.1) is 0 Å². The SMILES string of the molecule is Cc1ccc(N2C(=O)c3ccc(Oc4ccc(C(C)(C)c5ccc(Oc6ccc7c(c6)C(=O)N(c6ccc(C)cc6[N+](=O)[O-])C7=O)cc5)cc4)cc3C2=O)c(C)c1. The van der Waals surface area contributed by atoms with E-state index in [9.17, 15) is 29.3 Å². The van der Waals surface area contributed by atoms with Gasteiger partial charge in [-0.2, -0.15) is 0 Å². The van der Waals surface area contributed by atoms with E-state index >= 15 is 0 Å². The number of imide groups is 2. The molecule has 0 saturated carbocycles. The van der Waals surface area contributed by atoms with E-state index in [0.717, 1.165) is 27.2 Å². The fourth-order valence-corrected chi connectivity index (χ4v) is 7.35. The van der Waals surface area contributed by atoms with Gasteiger partial charge in [0, 0.05) is 11.5 Å². The molecule has 2 aliphatic heterocycles. The van der Waals surface area contributed by atoms with Crippen molar-refractivity contribution in [2.24, 2.45) is 0 Å². The van der Waals surface area contributed by atoms with Crippen LogP contribution < -0.4 is 19.3 Å². The van der Waals surface area contributed by atoms with Crippen LogP contribution in [0.1, 0.15) is 83.1 Å². The molecule has 0 unspecified atom stereocenters. The Bertz CT molecular complexity index is 2700. The molecule has 4 amide bonds. The maximum absolute atomic E-state index is 13.4. The van der Waals surface area contributed by atoms with Crippen molar-refractivity contribution in [3.63, 3.8) is 0 Å². The number of nitro groups is 1. The van der Waals surface area contributed by atoms with Gasteiger partial charge in [-0.25, -0.2) is 9.80 Å². The maximum Gasteiger partial charge on any atom is 0.293 e. The molecule has 11 nitrogen and oxygen atoms in total. The fourth-order valence-electron chi connectivity index (χ4n) is 7.35. The Labute approximate surface area is 327 Å². The number of anilines is 2.